The first-order valence-corrected chi connectivity index (χ1v) is 7.63. The summed E-state index contributed by atoms with van der Waals surface area (Å²) in [6.07, 6.45) is 0.505. The third-order valence-corrected chi connectivity index (χ3v) is 3.54. The molecule has 0 heterocycles. The number of benzene rings is 1. The lowest BCUT2D eigenvalue weighted by Crippen LogP contribution is -2.22. The van der Waals surface area contributed by atoms with Crippen molar-refractivity contribution in [3.63, 3.8) is 0 Å². The van der Waals surface area contributed by atoms with E-state index in [9.17, 15) is 5.11 Å². The summed E-state index contributed by atoms with van der Waals surface area (Å²) in [5, 5.41) is 9.32. The Morgan fingerprint density at radius 1 is 1.40 bits per heavy atom. The zero-order valence-corrected chi connectivity index (χ0v) is 14.2. The molecule has 4 nitrogen and oxygen atoms in total. The van der Waals surface area contributed by atoms with E-state index in [1.54, 1.807) is 7.11 Å². The van der Waals surface area contributed by atoms with E-state index in [1.165, 1.54) is 0 Å². The minimum Gasteiger partial charge on any atom is -0.492 e. The highest BCUT2D eigenvalue weighted by atomic mass is 79.9. The van der Waals surface area contributed by atoms with Crippen LogP contribution in [0.3, 0.4) is 0 Å². The van der Waals surface area contributed by atoms with Gasteiger partial charge < -0.3 is 19.5 Å². The van der Waals surface area contributed by atoms with E-state index in [2.05, 4.69) is 20.8 Å². The van der Waals surface area contributed by atoms with Crippen molar-refractivity contribution in [1.82, 2.24) is 4.90 Å². The average Bonchev–Trinajstić information content (AvgIpc) is 2.36. The van der Waals surface area contributed by atoms with Crippen LogP contribution in [0.1, 0.15) is 25.8 Å². The lowest BCUT2D eigenvalue weighted by Gasteiger charge is -2.19. The van der Waals surface area contributed by atoms with Crippen LogP contribution in [-0.2, 0) is 6.54 Å². The summed E-state index contributed by atoms with van der Waals surface area (Å²) < 4.78 is 11.9. The van der Waals surface area contributed by atoms with Gasteiger partial charge in [0.25, 0.3) is 0 Å². The fourth-order valence-corrected chi connectivity index (χ4v) is 2.62. The summed E-state index contributed by atoms with van der Waals surface area (Å²) in [5.74, 6) is 1.48. The fourth-order valence-electron chi connectivity index (χ4n) is 1.97. The van der Waals surface area contributed by atoms with Crippen molar-refractivity contribution in [3.8, 4) is 11.5 Å². The SMILES string of the molecule is CCOc1cc(CN(C)CCC(C)O)cc(Br)c1OC. The number of halogens is 1. The van der Waals surface area contributed by atoms with Gasteiger partial charge in [-0.1, -0.05) is 0 Å². The van der Waals surface area contributed by atoms with E-state index >= 15 is 0 Å². The van der Waals surface area contributed by atoms with E-state index in [0.717, 1.165) is 41.0 Å². The maximum absolute atomic E-state index is 9.32. The first-order chi connectivity index (χ1) is 9.47. The van der Waals surface area contributed by atoms with Gasteiger partial charge in [-0.05, 0) is 60.9 Å². The van der Waals surface area contributed by atoms with Gasteiger partial charge in [-0.2, -0.15) is 0 Å². The van der Waals surface area contributed by atoms with Crippen LogP contribution in [0.25, 0.3) is 0 Å². The Bertz CT molecular complexity index is 424. The molecule has 0 saturated carbocycles. The minimum absolute atomic E-state index is 0.265. The predicted octanol–water partition coefficient (Wildman–Crippen LogP) is 3.06. The summed E-state index contributed by atoms with van der Waals surface area (Å²) in [7, 11) is 3.68. The van der Waals surface area contributed by atoms with E-state index in [1.807, 2.05) is 33.0 Å². The summed E-state index contributed by atoms with van der Waals surface area (Å²) in [6.45, 7) is 6.02. The molecule has 0 fully saturated rings. The van der Waals surface area contributed by atoms with Gasteiger partial charge in [-0.3, -0.25) is 0 Å². The third-order valence-electron chi connectivity index (χ3n) is 2.95. The van der Waals surface area contributed by atoms with Gasteiger partial charge in [0.1, 0.15) is 0 Å². The van der Waals surface area contributed by atoms with Gasteiger partial charge in [0.2, 0.25) is 0 Å². The Hall–Kier alpha value is -0.780. The van der Waals surface area contributed by atoms with Crippen LogP contribution in [0.2, 0.25) is 0 Å². The number of ether oxygens (including phenoxy) is 2. The summed E-state index contributed by atoms with van der Waals surface area (Å²) in [5.41, 5.74) is 1.15. The molecule has 0 radical (unpaired) electrons. The number of hydrogen-bond donors (Lipinski definition) is 1. The smallest absolute Gasteiger partial charge is 0.174 e. The molecule has 0 aliphatic rings. The van der Waals surface area contributed by atoms with Crippen LogP contribution in [0.15, 0.2) is 16.6 Å². The van der Waals surface area contributed by atoms with Gasteiger partial charge in [-0.25, -0.2) is 0 Å². The van der Waals surface area contributed by atoms with Crippen molar-refractivity contribution in [3.05, 3.63) is 22.2 Å². The van der Waals surface area contributed by atoms with Crippen molar-refractivity contribution in [2.45, 2.75) is 32.9 Å². The van der Waals surface area contributed by atoms with Crippen molar-refractivity contribution in [1.29, 1.82) is 0 Å². The van der Waals surface area contributed by atoms with Crippen molar-refractivity contribution in [2.24, 2.45) is 0 Å². The largest absolute Gasteiger partial charge is 0.492 e. The van der Waals surface area contributed by atoms with Crippen molar-refractivity contribution in [2.75, 3.05) is 27.3 Å². The average molecular weight is 346 g/mol. The van der Waals surface area contributed by atoms with Gasteiger partial charge in [0.05, 0.1) is 24.3 Å². The number of aliphatic hydroxyl groups excluding tert-OH is 1. The Balaban J connectivity index is 2.80. The highest BCUT2D eigenvalue weighted by Crippen LogP contribution is 2.36. The molecule has 0 aliphatic carbocycles. The minimum atomic E-state index is -0.265. The molecule has 5 heteroatoms. The maximum Gasteiger partial charge on any atom is 0.174 e. The lowest BCUT2D eigenvalue weighted by molar-refractivity contribution is 0.163. The monoisotopic (exact) mass is 345 g/mol. The van der Waals surface area contributed by atoms with E-state index in [-0.39, 0.29) is 6.10 Å². The summed E-state index contributed by atoms with van der Waals surface area (Å²) in [4.78, 5) is 2.18. The second kappa shape index (κ2) is 8.49. The summed E-state index contributed by atoms with van der Waals surface area (Å²) in [6, 6.07) is 4.05. The van der Waals surface area contributed by atoms with Crippen LogP contribution in [0, 0.1) is 0 Å². The molecule has 1 aromatic rings. The highest BCUT2D eigenvalue weighted by molar-refractivity contribution is 9.10. The van der Waals surface area contributed by atoms with E-state index in [0.29, 0.717) is 6.61 Å². The maximum atomic E-state index is 9.32. The quantitative estimate of drug-likeness (QED) is 0.786. The molecule has 114 valence electrons. The van der Waals surface area contributed by atoms with Crippen LogP contribution in [-0.4, -0.2) is 43.4 Å². The van der Waals surface area contributed by atoms with Crippen molar-refractivity contribution < 1.29 is 14.6 Å². The first kappa shape index (κ1) is 17.3. The van der Waals surface area contributed by atoms with Gasteiger partial charge in [0.15, 0.2) is 11.5 Å². The molecule has 0 aromatic heterocycles. The van der Waals surface area contributed by atoms with E-state index < -0.39 is 0 Å². The molecule has 0 spiro atoms. The fraction of sp³-hybridized carbons (Fsp3) is 0.600. The van der Waals surface area contributed by atoms with Gasteiger partial charge in [0, 0.05) is 13.1 Å². The Morgan fingerprint density at radius 2 is 2.10 bits per heavy atom. The predicted molar refractivity (Wildman–Crippen MR) is 84.5 cm³/mol. The molecule has 1 unspecified atom stereocenters. The molecule has 1 atom stereocenters. The molecular weight excluding hydrogens is 322 g/mol. The molecule has 0 bridgehead atoms. The van der Waals surface area contributed by atoms with Crippen molar-refractivity contribution >= 4 is 15.9 Å². The van der Waals surface area contributed by atoms with Crippen LogP contribution >= 0.6 is 15.9 Å². The molecule has 20 heavy (non-hydrogen) atoms. The Kier molecular flexibility index (Phi) is 7.34. The third kappa shape index (κ3) is 5.31. The number of aliphatic hydroxyl groups is 1. The number of hydrogen-bond acceptors (Lipinski definition) is 4. The second-order valence-corrected chi connectivity index (χ2v) is 5.77. The van der Waals surface area contributed by atoms with Gasteiger partial charge in [-0.15, -0.1) is 0 Å². The van der Waals surface area contributed by atoms with Crippen LogP contribution < -0.4 is 9.47 Å². The molecule has 0 saturated heterocycles. The molecule has 1 aromatic carbocycles. The normalized spacial score (nSPS) is 12.6. The second-order valence-electron chi connectivity index (χ2n) is 4.92. The zero-order valence-electron chi connectivity index (χ0n) is 12.6. The van der Waals surface area contributed by atoms with Crippen LogP contribution in [0.5, 0.6) is 11.5 Å². The zero-order chi connectivity index (χ0) is 15.1. The number of nitrogens with zero attached hydrogens (tertiary/aromatic N) is 1. The Labute approximate surface area is 129 Å². The lowest BCUT2D eigenvalue weighted by atomic mass is 10.2. The highest BCUT2D eigenvalue weighted by Gasteiger charge is 2.12. The number of rotatable bonds is 8. The molecule has 1 rings (SSSR count). The Morgan fingerprint density at radius 3 is 2.65 bits per heavy atom. The molecule has 1 N–H and O–H groups in total. The standard InChI is InChI=1S/C15H24BrNO3/c1-5-20-14-9-12(8-13(16)15(14)19-4)10-17(3)7-6-11(2)18/h8-9,11,18H,5-7,10H2,1-4H3. The molecular formula is C15H24BrNO3. The topological polar surface area (TPSA) is 41.9 Å². The van der Waals surface area contributed by atoms with Crippen LogP contribution in [0.4, 0.5) is 0 Å². The first-order valence-electron chi connectivity index (χ1n) is 6.83. The molecule has 0 amide bonds. The summed E-state index contributed by atoms with van der Waals surface area (Å²) >= 11 is 3.52. The number of methoxy groups -OCH3 is 1. The van der Waals surface area contributed by atoms with Gasteiger partial charge >= 0.3 is 0 Å². The molecule has 0 aliphatic heterocycles. The van der Waals surface area contributed by atoms with E-state index in [4.69, 9.17) is 9.47 Å².